The van der Waals surface area contributed by atoms with Gasteiger partial charge in [-0.2, -0.15) is 0 Å². The first-order valence-corrected chi connectivity index (χ1v) is 22.0. The molecule has 0 aromatic rings. The SMILES string of the molecule is CCCCOC(=O)[C@@H]1[C@@](C)([C@H](C)C(C)C)CC[C@]2(C)[C@H]3CC[C@H]4C(C)(C)[C@@H](OCCC(C)(CC)NC(=O)OC(C)(C)C)[C@H](OC)C[C@]4(COC)C3=CC[C@@]12C. The lowest BCUT2D eigenvalue weighted by Gasteiger charge is -2.70. The minimum absolute atomic E-state index is 0.0210. The standard InChI is InChI=1S/C47H83NO7/c1-17-19-27-54-39(49)37-44(12,32(5)31(3)4)24-25-45(13)33-20-21-36-42(9,10)38(53-28-26-43(11,18-2)48-40(50)55-41(6,7)8)35(52-16)29-47(36,30-51-15)34(33)22-23-46(37,45)14/h22,31-33,35-38H,17-21,23-30H2,1-16H3,(H,48,50)/t32-,33+,35-,36+,37-,38+,43?,44-,45-,46+,47+/m1/s1. The highest BCUT2D eigenvalue weighted by atomic mass is 16.6. The van der Waals surface area contributed by atoms with Gasteiger partial charge >= 0.3 is 12.1 Å². The van der Waals surface area contributed by atoms with E-state index in [1.54, 1.807) is 0 Å². The first-order valence-electron chi connectivity index (χ1n) is 22.0. The number of carbonyl (C=O) groups is 2. The Bertz CT molecular complexity index is 1370. The maximum atomic E-state index is 14.5. The van der Waals surface area contributed by atoms with Crippen LogP contribution in [0.15, 0.2) is 11.6 Å². The third-order valence-corrected chi connectivity index (χ3v) is 16.5. The summed E-state index contributed by atoms with van der Waals surface area (Å²) in [4.78, 5) is 27.3. The molecule has 0 bridgehead atoms. The van der Waals surface area contributed by atoms with Gasteiger partial charge in [0.1, 0.15) is 5.60 Å². The molecule has 4 aliphatic rings. The van der Waals surface area contributed by atoms with Crippen LogP contribution in [0.4, 0.5) is 4.79 Å². The van der Waals surface area contributed by atoms with E-state index < -0.39 is 17.2 Å². The van der Waals surface area contributed by atoms with Gasteiger partial charge in [-0.1, -0.05) is 87.3 Å². The number of rotatable bonds is 15. The Kier molecular flexibility index (Phi) is 14.2. The smallest absolute Gasteiger partial charge is 0.408 e. The molecule has 0 aromatic heterocycles. The van der Waals surface area contributed by atoms with E-state index in [4.69, 9.17) is 23.7 Å². The highest BCUT2D eigenvalue weighted by Gasteiger charge is 2.70. The lowest BCUT2D eigenvalue weighted by Crippen LogP contribution is -2.67. The lowest BCUT2D eigenvalue weighted by atomic mass is 9.34. The molecule has 318 valence electrons. The molecule has 0 spiro atoms. The van der Waals surface area contributed by atoms with Crippen molar-refractivity contribution in [3.05, 3.63) is 11.6 Å². The molecule has 55 heavy (non-hydrogen) atoms. The highest BCUT2D eigenvalue weighted by molar-refractivity contribution is 5.75. The first-order chi connectivity index (χ1) is 25.5. The van der Waals surface area contributed by atoms with E-state index in [9.17, 15) is 9.59 Å². The number of allylic oxidation sites excluding steroid dienone is 1. The van der Waals surface area contributed by atoms with Gasteiger partial charge in [0.05, 0.1) is 31.3 Å². The predicted octanol–water partition coefficient (Wildman–Crippen LogP) is 11.0. The number of amides is 1. The normalized spacial score (nSPS) is 37.4. The van der Waals surface area contributed by atoms with E-state index in [0.717, 1.165) is 57.8 Å². The van der Waals surface area contributed by atoms with Crippen LogP contribution in [0, 0.1) is 56.7 Å². The average Bonchev–Trinajstić information content (AvgIpc) is 3.08. The van der Waals surface area contributed by atoms with Crippen LogP contribution >= 0.6 is 0 Å². The van der Waals surface area contributed by atoms with Gasteiger partial charge < -0.3 is 29.0 Å². The predicted molar refractivity (Wildman–Crippen MR) is 222 cm³/mol. The fourth-order valence-electron chi connectivity index (χ4n) is 12.6. The molecule has 0 aliphatic heterocycles. The van der Waals surface area contributed by atoms with E-state index in [2.05, 4.69) is 87.6 Å². The number of unbranched alkanes of at least 4 members (excludes halogenated alkanes) is 1. The van der Waals surface area contributed by atoms with Crippen LogP contribution in [0.2, 0.25) is 0 Å². The molecule has 1 N–H and O–H groups in total. The van der Waals surface area contributed by atoms with Crippen molar-refractivity contribution in [2.24, 2.45) is 56.7 Å². The van der Waals surface area contributed by atoms with Crippen molar-refractivity contribution in [2.45, 2.75) is 184 Å². The fourth-order valence-corrected chi connectivity index (χ4v) is 12.6. The van der Waals surface area contributed by atoms with Crippen LogP contribution in [0.1, 0.15) is 161 Å². The quantitative estimate of drug-likeness (QED) is 0.101. The van der Waals surface area contributed by atoms with Crippen molar-refractivity contribution < 1.29 is 33.3 Å². The minimum atomic E-state index is -0.559. The van der Waals surface area contributed by atoms with Gasteiger partial charge in [-0.15, -0.1) is 0 Å². The lowest BCUT2D eigenvalue weighted by molar-refractivity contribution is -0.223. The first kappa shape index (κ1) is 46.1. The number of fused-ring (bicyclic) bond motifs is 5. The number of hydrogen-bond acceptors (Lipinski definition) is 7. The number of hydrogen-bond donors (Lipinski definition) is 1. The molecule has 8 heteroatoms. The number of methoxy groups -OCH3 is 2. The summed E-state index contributed by atoms with van der Waals surface area (Å²) in [6.45, 7) is 32.8. The Morgan fingerprint density at radius 1 is 0.945 bits per heavy atom. The van der Waals surface area contributed by atoms with Gasteiger partial charge in [0.15, 0.2) is 0 Å². The van der Waals surface area contributed by atoms with E-state index in [1.807, 2.05) is 35.0 Å². The minimum Gasteiger partial charge on any atom is -0.465 e. The van der Waals surface area contributed by atoms with Gasteiger partial charge in [-0.25, -0.2) is 4.79 Å². The summed E-state index contributed by atoms with van der Waals surface area (Å²) in [6, 6.07) is 0. The molecule has 0 radical (unpaired) electrons. The highest BCUT2D eigenvalue weighted by Crippen LogP contribution is 2.74. The molecule has 8 nitrogen and oxygen atoms in total. The Balaban J connectivity index is 1.69. The molecule has 3 fully saturated rings. The summed E-state index contributed by atoms with van der Waals surface area (Å²) in [7, 11) is 3.69. The summed E-state index contributed by atoms with van der Waals surface area (Å²) in [5, 5.41) is 3.13. The molecular weight excluding hydrogens is 691 g/mol. The van der Waals surface area contributed by atoms with Crippen LogP contribution in [-0.4, -0.2) is 69.5 Å². The molecule has 0 heterocycles. The molecule has 1 unspecified atom stereocenters. The topological polar surface area (TPSA) is 92.3 Å². The van der Waals surface area contributed by atoms with Gasteiger partial charge in [0.25, 0.3) is 0 Å². The number of nitrogens with one attached hydrogen (secondary N) is 1. The molecule has 0 aromatic carbocycles. The van der Waals surface area contributed by atoms with E-state index >= 15 is 0 Å². The van der Waals surface area contributed by atoms with Crippen molar-refractivity contribution in [1.29, 1.82) is 0 Å². The largest absolute Gasteiger partial charge is 0.465 e. The number of carbonyl (C=O) groups excluding carboxylic acids is 2. The number of ether oxygens (including phenoxy) is 5. The maximum absolute atomic E-state index is 14.5. The molecular formula is C47H83NO7. The second-order valence-electron chi connectivity index (χ2n) is 21.3. The molecule has 3 saturated carbocycles. The molecule has 0 saturated heterocycles. The zero-order chi connectivity index (χ0) is 41.4. The zero-order valence-electron chi connectivity index (χ0n) is 38.2. The number of esters is 1. The summed E-state index contributed by atoms with van der Waals surface area (Å²) in [5.74, 6) is 1.38. The maximum Gasteiger partial charge on any atom is 0.408 e. The Hall–Kier alpha value is -1.64. The van der Waals surface area contributed by atoms with Crippen LogP contribution in [0.3, 0.4) is 0 Å². The average molecular weight is 774 g/mol. The fraction of sp³-hybridized carbons (Fsp3) is 0.915. The second-order valence-corrected chi connectivity index (χ2v) is 21.3. The van der Waals surface area contributed by atoms with Crippen LogP contribution in [0.5, 0.6) is 0 Å². The van der Waals surface area contributed by atoms with E-state index in [-0.39, 0.29) is 51.2 Å². The van der Waals surface area contributed by atoms with Crippen molar-refractivity contribution in [1.82, 2.24) is 5.32 Å². The van der Waals surface area contributed by atoms with E-state index in [1.165, 1.54) is 5.57 Å². The van der Waals surface area contributed by atoms with Crippen LogP contribution in [-0.2, 0) is 28.5 Å². The van der Waals surface area contributed by atoms with Gasteiger partial charge in [-0.05, 0) is 131 Å². The van der Waals surface area contributed by atoms with Crippen molar-refractivity contribution in [2.75, 3.05) is 34.0 Å². The van der Waals surface area contributed by atoms with Gasteiger partial charge in [-0.3, -0.25) is 4.79 Å². The molecule has 4 rings (SSSR count). The summed E-state index contributed by atoms with van der Waals surface area (Å²) >= 11 is 0. The Labute approximate surface area is 336 Å². The molecule has 11 atom stereocenters. The monoisotopic (exact) mass is 774 g/mol. The Morgan fingerprint density at radius 2 is 1.62 bits per heavy atom. The third-order valence-electron chi connectivity index (χ3n) is 16.5. The van der Waals surface area contributed by atoms with E-state index in [0.29, 0.717) is 49.9 Å². The third kappa shape index (κ3) is 8.45. The molecule has 4 aliphatic carbocycles. The van der Waals surface area contributed by atoms with Gasteiger partial charge in [0.2, 0.25) is 0 Å². The summed E-state index contributed by atoms with van der Waals surface area (Å²) in [5.41, 5.74) is -0.348. The zero-order valence-corrected chi connectivity index (χ0v) is 38.2. The van der Waals surface area contributed by atoms with Crippen molar-refractivity contribution in [3.63, 3.8) is 0 Å². The van der Waals surface area contributed by atoms with Crippen LogP contribution in [0.25, 0.3) is 0 Å². The Morgan fingerprint density at radius 3 is 2.18 bits per heavy atom. The van der Waals surface area contributed by atoms with Crippen LogP contribution < -0.4 is 5.32 Å². The molecule has 1 amide bonds. The number of alkyl carbamates (subject to hydrolysis) is 1. The van der Waals surface area contributed by atoms with Gasteiger partial charge in [0, 0.05) is 31.8 Å². The summed E-state index contributed by atoms with van der Waals surface area (Å²) < 4.78 is 31.4. The van der Waals surface area contributed by atoms with Crippen molar-refractivity contribution in [3.8, 4) is 0 Å². The van der Waals surface area contributed by atoms with Crippen molar-refractivity contribution >= 4 is 12.1 Å². The summed E-state index contributed by atoms with van der Waals surface area (Å²) in [6.07, 6.45) is 11.2. The second kappa shape index (κ2) is 16.9.